The number of hydrogen-bond acceptors (Lipinski definition) is 2. The largest absolute Gasteiger partial charge is 0.324 e. The van der Waals surface area contributed by atoms with Crippen LogP contribution < -0.4 is 4.90 Å². The van der Waals surface area contributed by atoms with Gasteiger partial charge in [0.15, 0.2) is 0 Å². The van der Waals surface area contributed by atoms with E-state index in [1.165, 1.54) is 12.1 Å². The summed E-state index contributed by atoms with van der Waals surface area (Å²) in [7, 11) is 0. The molecule has 2 aliphatic rings. The number of carbonyl (C=O) groups excluding carboxylic acids is 1. The minimum absolute atomic E-state index is 0.0493. The van der Waals surface area contributed by atoms with Gasteiger partial charge in [0.05, 0.1) is 36.1 Å². The van der Waals surface area contributed by atoms with Crippen LogP contribution in [0, 0.1) is 5.82 Å². The average Bonchev–Trinajstić information content (AvgIpc) is 3.16. The van der Waals surface area contributed by atoms with E-state index in [0.29, 0.717) is 12.2 Å². The predicted molar refractivity (Wildman–Crippen MR) is 75.9 cm³/mol. The molecule has 1 aromatic carbocycles. The van der Waals surface area contributed by atoms with E-state index in [1.54, 1.807) is 23.5 Å². The van der Waals surface area contributed by atoms with E-state index in [-0.39, 0.29) is 11.8 Å². The maximum absolute atomic E-state index is 13.6. The quantitative estimate of drug-likeness (QED) is 0.747. The second-order valence-electron chi connectivity index (χ2n) is 5.45. The maximum atomic E-state index is 13.6. The fourth-order valence-corrected chi connectivity index (χ4v) is 3.07. The molecule has 0 bridgehead atoms. The molecule has 5 nitrogen and oxygen atoms in total. The Bertz CT molecular complexity index is 705. The van der Waals surface area contributed by atoms with Crippen molar-refractivity contribution in [3.05, 3.63) is 42.2 Å². The molecule has 0 radical (unpaired) electrons. The minimum Gasteiger partial charge on any atom is -0.324 e. The molecule has 4 rings (SSSR count). The molecule has 21 heavy (non-hydrogen) atoms. The molecule has 2 aliphatic heterocycles. The Morgan fingerprint density at radius 1 is 1.19 bits per heavy atom. The highest BCUT2D eigenvalue weighted by Crippen LogP contribution is 2.33. The molecule has 108 valence electrons. The molecule has 0 saturated carbocycles. The molecule has 2 aromatic rings. The molecule has 0 spiro atoms. The van der Waals surface area contributed by atoms with Crippen molar-refractivity contribution in [1.29, 1.82) is 0 Å². The summed E-state index contributed by atoms with van der Waals surface area (Å²) in [5, 5.41) is 0. The van der Waals surface area contributed by atoms with Crippen molar-refractivity contribution in [3.63, 3.8) is 0 Å². The van der Waals surface area contributed by atoms with Crippen LogP contribution in [0.5, 0.6) is 0 Å². The molecule has 0 N–H and O–H groups in total. The van der Waals surface area contributed by atoms with Crippen LogP contribution in [0.4, 0.5) is 14.9 Å². The van der Waals surface area contributed by atoms with Crippen LogP contribution in [0.3, 0.4) is 0 Å². The van der Waals surface area contributed by atoms with Gasteiger partial charge >= 0.3 is 6.03 Å². The van der Waals surface area contributed by atoms with Crippen molar-refractivity contribution >= 4 is 11.7 Å². The van der Waals surface area contributed by atoms with Gasteiger partial charge in [-0.3, -0.25) is 9.47 Å². The first-order valence-electron chi connectivity index (χ1n) is 7.11. The summed E-state index contributed by atoms with van der Waals surface area (Å²) in [5.41, 5.74) is 2.33. The zero-order valence-corrected chi connectivity index (χ0v) is 11.5. The van der Waals surface area contributed by atoms with Gasteiger partial charge in [0.1, 0.15) is 5.82 Å². The third kappa shape index (κ3) is 1.90. The van der Waals surface area contributed by atoms with Gasteiger partial charge in [-0.05, 0) is 31.0 Å². The van der Waals surface area contributed by atoms with Crippen LogP contribution in [-0.2, 0) is 6.54 Å². The number of hydrogen-bond donors (Lipinski definition) is 0. The van der Waals surface area contributed by atoms with Gasteiger partial charge in [-0.15, -0.1) is 0 Å². The first-order chi connectivity index (χ1) is 10.2. The summed E-state index contributed by atoms with van der Waals surface area (Å²) in [4.78, 5) is 20.3. The van der Waals surface area contributed by atoms with E-state index in [1.807, 2.05) is 9.47 Å². The van der Waals surface area contributed by atoms with Gasteiger partial charge in [0.2, 0.25) is 0 Å². The number of rotatable bonds is 0. The van der Waals surface area contributed by atoms with E-state index in [9.17, 15) is 9.18 Å². The third-order valence-corrected chi connectivity index (χ3v) is 4.13. The molecular weight excluding hydrogens is 271 g/mol. The van der Waals surface area contributed by atoms with Crippen molar-refractivity contribution in [1.82, 2.24) is 14.5 Å². The smallest absolute Gasteiger partial charge is 0.324 e. The molecule has 0 unspecified atom stereocenters. The summed E-state index contributed by atoms with van der Waals surface area (Å²) >= 11 is 0. The lowest BCUT2D eigenvalue weighted by Crippen LogP contribution is -2.43. The number of urea groups is 1. The number of halogens is 1. The number of benzene rings is 1. The summed E-state index contributed by atoms with van der Waals surface area (Å²) in [6.07, 6.45) is 5.52. The van der Waals surface area contributed by atoms with Crippen LogP contribution in [0.1, 0.15) is 18.5 Å². The Morgan fingerprint density at radius 3 is 2.81 bits per heavy atom. The fraction of sp³-hybridized carbons (Fsp3) is 0.333. The Kier molecular flexibility index (Phi) is 2.70. The summed E-state index contributed by atoms with van der Waals surface area (Å²) in [5.74, 6) is -0.337. The van der Waals surface area contributed by atoms with E-state index in [4.69, 9.17) is 0 Å². The number of imidazole rings is 1. The normalized spacial score (nSPS) is 16.8. The van der Waals surface area contributed by atoms with E-state index in [0.717, 1.165) is 37.3 Å². The van der Waals surface area contributed by atoms with Gasteiger partial charge in [-0.1, -0.05) is 0 Å². The van der Waals surface area contributed by atoms with E-state index in [2.05, 4.69) is 4.98 Å². The molecule has 3 heterocycles. The topological polar surface area (TPSA) is 41.4 Å². The van der Waals surface area contributed by atoms with Crippen LogP contribution in [0.2, 0.25) is 0 Å². The van der Waals surface area contributed by atoms with E-state index >= 15 is 0 Å². The Hall–Kier alpha value is -2.37. The molecule has 1 fully saturated rings. The van der Waals surface area contributed by atoms with Gasteiger partial charge in [0.25, 0.3) is 0 Å². The molecule has 0 aliphatic carbocycles. The lowest BCUT2D eigenvalue weighted by molar-refractivity contribution is 0.214. The lowest BCUT2D eigenvalue weighted by atomic mass is 10.2. The molecule has 0 atom stereocenters. The molecule has 2 amide bonds. The zero-order chi connectivity index (χ0) is 14.4. The lowest BCUT2D eigenvalue weighted by Gasteiger charge is -2.33. The van der Waals surface area contributed by atoms with Crippen molar-refractivity contribution in [3.8, 4) is 5.69 Å². The van der Waals surface area contributed by atoms with Crippen LogP contribution in [-0.4, -0.2) is 33.6 Å². The Labute approximate surface area is 121 Å². The van der Waals surface area contributed by atoms with Gasteiger partial charge in [-0.25, -0.2) is 14.2 Å². The first kappa shape index (κ1) is 12.4. The molecular formula is C15H15FN4O. The number of aromatic nitrogens is 2. The second kappa shape index (κ2) is 4.58. The Balaban J connectivity index is 1.80. The van der Waals surface area contributed by atoms with Crippen molar-refractivity contribution in [2.24, 2.45) is 0 Å². The monoisotopic (exact) mass is 286 g/mol. The van der Waals surface area contributed by atoms with Crippen molar-refractivity contribution in [2.45, 2.75) is 19.4 Å². The number of fused-ring (bicyclic) bond motifs is 3. The summed E-state index contributed by atoms with van der Waals surface area (Å²) in [6, 6.07) is 4.48. The average molecular weight is 286 g/mol. The van der Waals surface area contributed by atoms with Crippen LogP contribution in [0.15, 0.2) is 30.7 Å². The van der Waals surface area contributed by atoms with E-state index < -0.39 is 0 Å². The minimum atomic E-state index is -0.337. The second-order valence-corrected chi connectivity index (χ2v) is 5.45. The van der Waals surface area contributed by atoms with Gasteiger partial charge in [-0.2, -0.15) is 0 Å². The number of carbonyl (C=O) groups is 1. The molecule has 1 aromatic heterocycles. The number of amides is 2. The fourth-order valence-electron chi connectivity index (χ4n) is 3.07. The van der Waals surface area contributed by atoms with Crippen molar-refractivity contribution < 1.29 is 9.18 Å². The van der Waals surface area contributed by atoms with Gasteiger partial charge in [0, 0.05) is 13.1 Å². The van der Waals surface area contributed by atoms with Crippen molar-refractivity contribution in [2.75, 3.05) is 18.0 Å². The highest BCUT2D eigenvalue weighted by Gasteiger charge is 2.31. The highest BCUT2D eigenvalue weighted by molar-refractivity contribution is 5.95. The number of likely N-dealkylation sites (tertiary alicyclic amines) is 1. The molecule has 1 saturated heterocycles. The predicted octanol–water partition coefficient (Wildman–Crippen LogP) is 2.55. The molecule has 6 heteroatoms. The first-order valence-corrected chi connectivity index (χ1v) is 7.11. The maximum Gasteiger partial charge on any atom is 0.324 e. The zero-order valence-electron chi connectivity index (χ0n) is 11.5. The van der Waals surface area contributed by atoms with Gasteiger partial charge < -0.3 is 4.90 Å². The number of anilines is 1. The standard InChI is InChI=1S/C15H15FN4O/c16-11-3-4-13-14(7-11)19(9-12-8-17-10-20(12)13)15(21)18-5-1-2-6-18/h3-4,7-8,10H,1-2,5-6,9H2. The van der Waals surface area contributed by atoms with Crippen LogP contribution >= 0.6 is 0 Å². The highest BCUT2D eigenvalue weighted by atomic mass is 19.1. The Morgan fingerprint density at radius 2 is 2.00 bits per heavy atom. The third-order valence-electron chi connectivity index (χ3n) is 4.13. The summed E-state index contributed by atoms with van der Waals surface area (Å²) in [6.45, 7) is 1.98. The SMILES string of the molecule is O=C(N1CCCC1)N1Cc2cncn2-c2ccc(F)cc21. The number of nitrogens with zero attached hydrogens (tertiary/aromatic N) is 4. The van der Waals surface area contributed by atoms with Crippen LogP contribution in [0.25, 0.3) is 5.69 Å². The summed E-state index contributed by atoms with van der Waals surface area (Å²) < 4.78 is 15.5.